The number of hydrogen-bond acceptors (Lipinski definition) is 2. The predicted molar refractivity (Wildman–Crippen MR) is 106 cm³/mol. The Bertz CT molecular complexity index is 831. The third-order valence-corrected chi connectivity index (χ3v) is 5.15. The molecule has 1 atom stereocenters. The van der Waals surface area contributed by atoms with Gasteiger partial charge in [-0.15, -0.1) is 0 Å². The number of carbonyl (C=O) groups is 2. The molecule has 6 heteroatoms. The maximum atomic E-state index is 12.7. The van der Waals surface area contributed by atoms with E-state index in [-0.39, 0.29) is 30.7 Å². The quantitative estimate of drug-likeness (QED) is 0.788. The highest BCUT2D eigenvalue weighted by Gasteiger charge is 2.37. The summed E-state index contributed by atoms with van der Waals surface area (Å²) in [5.41, 5.74) is 2.32. The molecule has 3 rings (SSSR count). The normalized spacial score (nSPS) is 17.0. The van der Waals surface area contributed by atoms with Crippen molar-refractivity contribution in [2.24, 2.45) is 5.92 Å². The molecule has 1 unspecified atom stereocenters. The molecule has 0 radical (unpaired) electrons. The van der Waals surface area contributed by atoms with E-state index >= 15 is 0 Å². The summed E-state index contributed by atoms with van der Waals surface area (Å²) < 4.78 is 0. The molecule has 2 amide bonds. The second kappa shape index (κ2) is 7.68. The van der Waals surface area contributed by atoms with Gasteiger partial charge in [0.05, 0.1) is 21.7 Å². The Hall–Kier alpha value is -2.04. The average Bonchev–Trinajstić information content (AvgIpc) is 2.97. The van der Waals surface area contributed by atoms with Crippen LogP contribution in [0.2, 0.25) is 10.0 Å². The maximum Gasteiger partial charge on any atom is 0.229 e. The van der Waals surface area contributed by atoms with Gasteiger partial charge >= 0.3 is 0 Å². The summed E-state index contributed by atoms with van der Waals surface area (Å²) in [4.78, 5) is 26.7. The van der Waals surface area contributed by atoms with Gasteiger partial charge in [0.2, 0.25) is 11.8 Å². The molecule has 1 heterocycles. The van der Waals surface area contributed by atoms with Crippen molar-refractivity contribution < 1.29 is 9.59 Å². The molecule has 0 aliphatic carbocycles. The van der Waals surface area contributed by atoms with Crippen molar-refractivity contribution in [3.05, 3.63) is 58.1 Å². The van der Waals surface area contributed by atoms with E-state index in [0.29, 0.717) is 15.7 Å². The minimum atomic E-state index is -0.449. The fourth-order valence-electron chi connectivity index (χ4n) is 3.20. The number of para-hydroxylation sites is 2. The molecular formula is C20H20Cl2N2O2. The van der Waals surface area contributed by atoms with Crippen molar-refractivity contribution in [1.82, 2.24) is 0 Å². The number of carbonyl (C=O) groups excluding carboxylic acids is 2. The first-order valence-corrected chi connectivity index (χ1v) is 9.28. The van der Waals surface area contributed by atoms with Gasteiger partial charge in [0.15, 0.2) is 0 Å². The van der Waals surface area contributed by atoms with Crippen LogP contribution in [0, 0.1) is 5.92 Å². The molecule has 136 valence electrons. The van der Waals surface area contributed by atoms with Crippen LogP contribution in [0.25, 0.3) is 0 Å². The zero-order valence-corrected chi connectivity index (χ0v) is 16.1. The number of hydrogen-bond donors (Lipinski definition) is 1. The van der Waals surface area contributed by atoms with E-state index in [2.05, 4.69) is 19.2 Å². The summed E-state index contributed by atoms with van der Waals surface area (Å²) in [5.74, 6) is -0.486. The maximum absolute atomic E-state index is 12.7. The monoisotopic (exact) mass is 390 g/mol. The average molecular weight is 391 g/mol. The van der Waals surface area contributed by atoms with Gasteiger partial charge in [-0.2, -0.15) is 0 Å². The Kier molecular flexibility index (Phi) is 5.54. The SMILES string of the molecule is CC(C)c1ccccc1NC(=O)C1CC(=O)N(c2c(Cl)cccc2Cl)C1. The molecular weight excluding hydrogens is 371 g/mol. The van der Waals surface area contributed by atoms with Crippen LogP contribution in [0.3, 0.4) is 0 Å². The minimum absolute atomic E-state index is 0.136. The van der Waals surface area contributed by atoms with E-state index in [1.807, 2.05) is 24.3 Å². The minimum Gasteiger partial charge on any atom is -0.326 e. The van der Waals surface area contributed by atoms with Gasteiger partial charge in [0, 0.05) is 18.7 Å². The molecule has 2 aromatic carbocycles. The summed E-state index contributed by atoms with van der Waals surface area (Å²) in [7, 11) is 0. The number of nitrogens with zero attached hydrogens (tertiary/aromatic N) is 1. The van der Waals surface area contributed by atoms with E-state index in [9.17, 15) is 9.59 Å². The van der Waals surface area contributed by atoms with Gasteiger partial charge < -0.3 is 10.2 Å². The highest BCUT2D eigenvalue weighted by Crippen LogP contribution is 2.37. The van der Waals surface area contributed by atoms with Crippen LogP contribution in [-0.4, -0.2) is 18.4 Å². The van der Waals surface area contributed by atoms with Crippen molar-refractivity contribution in [3.8, 4) is 0 Å². The Morgan fingerprint density at radius 1 is 1.12 bits per heavy atom. The second-order valence-electron chi connectivity index (χ2n) is 6.71. The van der Waals surface area contributed by atoms with Crippen LogP contribution < -0.4 is 10.2 Å². The topological polar surface area (TPSA) is 49.4 Å². The van der Waals surface area contributed by atoms with Crippen molar-refractivity contribution in [2.75, 3.05) is 16.8 Å². The fraction of sp³-hybridized carbons (Fsp3) is 0.300. The first-order valence-electron chi connectivity index (χ1n) is 8.52. The lowest BCUT2D eigenvalue weighted by Gasteiger charge is -2.20. The molecule has 1 aliphatic heterocycles. The molecule has 2 aromatic rings. The van der Waals surface area contributed by atoms with Crippen molar-refractivity contribution in [3.63, 3.8) is 0 Å². The van der Waals surface area contributed by atoms with E-state index in [1.54, 1.807) is 18.2 Å². The van der Waals surface area contributed by atoms with Gasteiger partial charge in [-0.25, -0.2) is 0 Å². The molecule has 26 heavy (non-hydrogen) atoms. The standard InChI is InChI=1S/C20H20Cl2N2O2/c1-12(2)14-6-3-4-9-17(14)23-20(26)13-10-18(25)24(11-13)19-15(21)7-5-8-16(19)22/h3-9,12-13H,10-11H2,1-2H3,(H,23,26). The van der Waals surface area contributed by atoms with Gasteiger partial charge in [-0.3, -0.25) is 9.59 Å². The number of benzene rings is 2. The zero-order valence-electron chi connectivity index (χ0n) is 14.6. The summed E-state index contributed by atoms with van der Waals surface area (Å²) in [6.45, 7) is 4.41. The number of nitrogens with one attached hydrogen (secondary N) is 1. The first kappa shape index (κ1) is 18.7. The van der Waals surface area contributed by atoms with Gasteiger partial charge in [-0.1, -0.05) is 61.3 Å². The number of halogens is 2. The predicted octanol–water partition coefficient (Wildman–Crippen LogP) is 5.11. The van der Waals surface area contributed by atoms with Gasteiger partial charge in [0.1, 0.15) is 0 Å². The van der Waals surface area contributed by atoms with Crippen LogP contribution in [0.1, 0.15) is 31.7 Å². The highest BCUT2D eigenvalue weighted by molar-refractivity contribution is 6.40. The van der Waals surface area contributed by atoms with E-state index in [1.165, 1.54) is 4.90 Å². The molecule has 0 spiro atoms. The Morgan fingerprint density at radius 3 is 2.42 bits per heavy atom. The zero-order chi connectivity index (χ0) is 18.8. The molecule has 1 aliphatic rings. The summed E-state index contributed by atoms with van der Waals surface area (Å²) in [5, 5.41) is 3.77. The van der Waals surface area contributed by atoms with Crippen LogP contribution in [0.4, 0.5) is 11.4 Å². The molecule has 0 saturated carbocycles. The smallest absolute Gasteiger partial charge is 0.229 e. The Labute approximate surface area is 163 Å². The molecule has 1 saturated heterocycles. The third kappa shape index (κ3) is 3.71. The summed E-state index contributed by atoms with van der Waals surface area (Å²) >= 11 is 12.4. The van der Waals surface area contributed by atoms with Gasteiger partial charge in [0.25, 0.3) is 0 Å². The lowest BCUT2D eigenvalue weighted by atomic mass is 10.0. The molecule has 0 aromatic heterocycles. The van der Waals surface area contributed by atoms with E-state index < -0.39 is 5.92 Å². The largest absolute Gasteiger partial charge is 0.326 e. The second-order valence-corrected chi connectivity index (χ2v) is 7.52. The Balaban J connectivity index is 1.78. The fourth-order valence-corrected chi connectivity index (χ4v) is 3.80. The lowest BCUT2D eigenvalue weighted by molar-refractivity contribution is -0.122. The van der Waals surface area contributed by atoms with Gasteiger partial charge in [-0.05, 0) is 29.7 Å². The van der Waals surface area contributed by atoms with E-state index in [4.69, 9.17) is 23.2 Å². The molecule has 0 bridgehead atoms. The van der Waals surface area contributed by atoms with Crippen LogP contribution in [0.15, 0.2) is 42.5 Å². The summed E-state index contributed by atoms with van der Waals surface area (Å²) in [6.07, 6.45) is 0.136. The summed E-state index contributed by atoms with van der Waals surface area (Å²) in [6, 6.07) is 12.8. The van der Waals surface area contributed by atoms with Crippen LogP contribution >= 0.6 is 23.2 Å². The number of anilines is 2. The molecule has 4 nitrogen and oxygen atoms in total. The lowest BCUT2D eigenvalue weighted by Crippen LogP contribution is -2.28. The number of amides is 2. The first-order chi connectivity index (χ1) is 12.4. The highest BCUT2D eigenvalue weighted by atomic mass is 35.5. The van der Waals surface area contributed by atoms with E-state index in [0.717, 1.165) is 11.3 Å². The van der Waals surface area contributed by atoms with Crippen molar-refractivity contribution in [1.29, 1.82) is 0 Å². The third-order valence-electron chi connectivity index (χ3n) is 4.54. The van der Waals surface area contributed by atoms with Crippen LogP contribution in [-0.2, 0) is 9.59 Å². The molecule has 1 fully saturated rings. The van der Waals surface area contributed by atoms with Crippen molar-refractivity contribution in [2.45, 2.75) is 26.2 Å². The Morgan fingerprint density at radius 2 is 1.77 bits per heavy atom. The number of rotatable bonds is 4. The van der Waals surface area contributed by atoms with Crippen LogP contribution in [0.5, 0.6) is 0 Å². The molecule has 1 N–H and O–H groups in total. The van der Waals surface area contributed by atoms with Crippen molar-refractivity contribution >= 4 is 46.4 Å².